The third-order valence-electron chi connectivity index (χ3n) is 3.02. The number of halogens is 2. The van der Waals surface area contributed by atoms with Crippen molar-refractivity contribution in [1.82, 2.24) is 0 Å². The van der Waals surface area contributed by atoms with Crippen molar-refractivity contribution in [3.05, 3.63) is 58.1 Å². The molecule has 104 valence electrons. The van der Waals surface area contributed by atoms with Crippen molar-refractivity contribution in [3.63, 3.8) is 0 Å². The lowest BCUT2D eigenvalue weighted by atomic mass is 9.86. The van der Waals surface area contributed by atoms with Crippen LogP contribution in [0.3, 0.4) is 0 Å². The van der Waals surface area contributed by atoms with Gasteiger partial charge in [0.2, 0.25) is 0 Å². The van der Waals surface area contributed by atoms with Gasteiger partial charge in [-0.2, -0.15) is 0 Å². The Morgan fingerprint density at radius 3 is 1.80 bits per heavy atom. The van der Waals surface area contributed by atoms with Crippen LogP contribution in [0.15, 0.2) is 42.5 Å². The summed E-state index contributed by atoms with van der Waals surface area (Å²) >= 11 is 12.0. The first-order valence-corrected chi connectivity index (χ1v) is 7.14. The van der Waals surface area contributed by atoms with Crippen LogP contribution in [0.5, 0.6) is 0 Å². The Kier molecular flexibility index (Phi) is 4.22. The molecule has 0 fully saturated rings. The summed E-state index contributed by atoms with van der Waals surface area (Å²) in [7, 11) is 0. The second-order valence-corrected chi connectivity index (χ2v) is 6.69. The summed E-state index contributed by atoms with van der Waals surface area (Å²) in [6.45, 7) is 5.75. The molecule has 0 amide bonds. The van der Waals surface area contributed by atoms with E-state index in [4.69, 9.17) is 23.2 Å². The standard InChI is InChI=1S/C17H16Cl2O/c1-17(2,3)16(20)12-6-4-11(5-7-12)13-8-14(18)10-15(19)9-13/h4-10H,1-3H3. The summed E-state index contributed by atoms with van der Waals surface area (Å²) < 4.78 is 0. The smallest absolute Gasteiger partial charge is 0.168 e. The molecule has 0 unspecified atom stereocenters. The molecule has 3 heteroatoms. The van der Waals surface area contributed by atoms with E-state index in [0.29, 0.717) is 10.0 Å². The fourth-order valence-electron chi connectivity index (χ4n) is 1.97. The van der Waals surface area contributed by atoms with Gasteiger partial charge in [0, 0.05) is 21.0 Å². The van der Waals surface area contributed by atoms with E-state index in [1.165, 1.54) is 0 Å². The number of carbonyl (C=O) groups excluding carboxylic acids is 1. The maximum Gasteiger partial charge on any atom is 0.168 e. The highest BCUT2D eigenvalue weighted by molar-refractivity contribution is 6.35. The molecule has 0 saturated carbocycles. The highest BCUT2D eigenvalue weighted by Gasteiger charge is 2.22. The fraction of sp³-hybridized carbons (Fsp3) is 0.235. The molecule has 0 aromatic heterocycles. The quantitative estimate of drug-likeness (QED) is 0.632. The van der Waals surface area contributed by atoms with Gasteiger partial charge in [-0.15, -0.1) is 0 Å². The first-order valence-electron chi connectivity index (χ1n) is 6.39. The highest BCUT2D eigenvalue weighted by Crippen LogP contribution is 2.28. The molecule has 2 rings (SSSR count). The van der Waals surface area contributed by atoms with Gasteiger partial charge in [-0.05, 0) is 29.3 Å². The van der Waals surface area contributed by atoms with Crippen molar-refractivity contribution < 1.29 is 4.79 Å². The molecule has 0 aliphatic rings. The number of benzene rings is 2. The van der Waals surface area contributed by atoms with Crippen LogP contribution >= 0.6 is 23.2 Å². The van der Waals surface area contributed by atoms with Crippen LogP contribution in [0.2, 0.25) is 10.0 Å². The lowest BCUT2D eigenvalue weighted by molar-refractivity contribution is 0.0858. The van der Waals surface area contributed by atoms with Gasteiger partial charge in [-0.1, -0.05) is 68.2 Å². The second-order valence-electron chi connectivity index (χ2n) is 5.81. The van der Waals surface area contributed by atoms with Crippen molar-refractivity contribution in [1.29, 1.82) is 0 Å². The number of ketones is 1. The molecule has 0 aliphatic carbocycles. The van der Waals surface area contributed by atoms with E-state index < -0.39 is 0 Å². The third-order valence-corrected chi connectivity index (χ3v) is 3.46. The van der Waals surface area contributed by atoms with Crippen molar-refractivity contribution in [2.75, 3.05) is 0 Å². The van der Waals surface area contributed by atoms with Gasteiger partial charge in [0.05, 0.1) is 0 Å². The Hall–Kier alpha value is -1.31. The largest absolute Gasteiger partial charge is 0.294 e. The van der Waals surface area contributed by atoms with Crippen LogP contribution in [0.25, 0.3) is 11.1 Å². The van der Waals surface area contributed by atoms with Crippen LogP contribution < -0.4 is 0 Å². The zero-order valence-electron chi connectivity index (χ0n) is 11.7. The van der Waals surface area contributed by atoms with Gasteiger partial charge >= 0.3 is 0 Å². The molecule has 0 bridgehead atoms. The predicted octanol–water partition coefficient (Wildman–Crippen LogP) is 5.89. The summed E-state index contributed by atoms with van der Waals surface area (Å²) in [4.78, 5) is 12.2. The monoisotopic (exact) mass is 306 g/mol. The molecule has 0 aliphatic heterocycles. The van der Waals surface area contributed by atoms with E-state index in [9.17, 15) is 4.79 Å². The van der Waals surface area contributed by atoms with Crippen molar-refractivity contribution in [3.8, 4) is 11.1 Å². The van der Waals surface area contributed by atoms with Crippen molar-refractivity contribution in [2.24, 2.45) is 5.41 Å². The molecule has 2 aromatic rings. The maximum atomic E-state index is 12.2. The first kappa shape index (κ1) is 15.1. The topological polar surface area (TPSA) is 17.1 Å². The predicted molar refractivity (Wildman–Crippen MR) is 85.7 cm³/mol. The summed E-state index contributed by atoms with van der Waals surface area (Å²) in [5, 5.41) is 1.20. The molecule has 0 N–H and O–H groups in total. The van der Waals surface area contributed by atoms with Gasteiger partial charge in [-0.3, -0.25) is 4.79 Å². The van der Waals surface area contributed by atoms with E-state index in [-0.39, 0.29) is 11.2 Å². The molecule has 0 atom stereocenters. The maximum absolute atomic E-state index is 12.2. The van der Waals surface area contributed by atoms with Crippen LogP contribution in [0.4, 0.5) is 0 Å². The van der Waals surface area contributed by atoms with E-state index >= 15 is 0 Å². The van der Waals surface area contributed by atoms with E-state index in [1.807, 2.05) is 57.2 Å². The lowest BCUT2D eigenvalue weighted by Crippen LogP contribution is -2.19. The summed E-state index contributed by atoms with van der Waals surface area (Å²) in [6, 6.07) is 12.9. The second kappa shape index (κ2) is 5.59. The van der Waals surface area contributed by atoms with E-state index in [0.717, 1.165) is 16.7 Å². The number of rotatable bonds is 2. The Morgan fingerprint density at radius 2 is 1.35 bits per heavy atom. The molecule has 0 saturated heterocycles. The molecular formula is C17H16Cl2O. The molecular weight excluding hydrogens is 291 g/mol. The minimum absolute atomic E-state index is 0.133. The molecule has 0 heterocycles. The molecule has 1 nitrogen and oxygen atoms in total. The van der Waals surface area contributed by atoms with Crippen molar-refractivity contribution >= 4 is 29.0 Å². The van der Waals surface area contributed by atoms with Gasteiger partial charge in [0.1, 0.15) is 0 Å². The third kappa shape index (κ3) is 3.41. The Labute approximate surface area is 129 Å². The minimum atomic E-state index is -0.374. The van der Waals surface area contributed by atoms with Crippen LogP contribution in [0, 0.1) is 5.41 Å². The zero-order valence-corrected chi connectivity index (χ0v) is 13.2. The Balaban J connectivity index is 2.35. The Morgan fingerprint density at radius 1 is 0.850 bits per heavy atom. The van der Waals surface area contributed by atoms with Gasteiger partial charge in [0.15, 0.2) is 5.78 Å². The molecule has 0 radical (unpaired) electrons. The lowest BCUT2D eigenvalue weighted by Gasteiger charge is -2.16. The van der Waals surface area contributed by atoms with Gasteiger partial charge in [0.25, 0.3) is 0 Å². The first-order chi connectivity index (χ1) is 9.27. The van der Waals surface area contributed by atoms with Crippen molar-refractivity contribution in [2.45, 2.75) is 20.8 Å². The van der Waals surface area contributed by atoms with E-state index in [1.54, 1.807) is 6.07 Å². The summed E-state index contributed by atoms with van der Waals surface area (Å²) in [5.74, 6) is 0.133. The zero-order chi connectivity index (χ0) is 14.9. The van der Waals surface area contributed by atoms with Gasteiger partial charge < -0.3 is 0 Å². The fourth-order valence-corrected chi connectivity index (χ4v) is 2.49. The summed E-state index contributed by atoms with van der Waals surface area (Å²) in [6.07, 6.45) is 0. The summed E-state index contributed by atoms with van der Waals surface area (Å²) in [5.41, 5.74) is 2.27. The number of carbonyl (C=O) groups is 1. The normalized spacial score (nSPS) is 11.4. The Bertz CT molecular complexity index is 617. The average Bonchev–Trinajstić information content (AvgIpc) is 2.36. The number of Topliss-reactive ketones (excluding diaryl/α,β-unsaturated/α-hetero) is 1. The van der Waals surface area contributed by atoms with Gasteiger partial charge in [-0.25, -0.2) is 0 Å². The van der Waals surface area contributed by atoms with Crippen LogP contribution in [0.1, 0.15) is 31.1 Å². The SMILES string of the molecule is CC(C)(C)C(=O)c1ccc(-c2cc(Cl)cc(Cl)c2)cc1. The van der Waals surface area contributed by atoms with Crippen LogP contribution in [-0.2, 0) is 0 Å². The molecule has 2 aromatic carbocycles. The van der Waals surface area contributed by atoms with Crippen LogP contribution in [-0.4, -0.2) is 5.78 Å². The number of hydrogen-bond donors (Lipinski definition) is 0. The highest BCUT2D eigenvalue weighted by atomic mass is 35.5. The minimum Gasteiger partial charge on any atom is -0.294 e. The number of hydrogen-bond acceptors (Lipinski definition) is 1. The van der Waals surface area contributed by atoms with E-state index in [2.05, 4.69) is 0 Å². The average molecular weight is 307 g/mol. The molecule has 0 spiro atoms. The molecule has 20 heavy (non-hydrogen) atoms.